The van der Waals surface area contributed by atoms with E-state index in [4.69, 9.17) is 21.1 Å². The van der Waals surface area contributed by atoms with Crippen molar-refractivity contribution in [2.45, 2.75) is 12.4 Å². The lowest BCUT2D eigenvalue weighted by molar-refractivity contribution is -0.386. The molecule has 0 aromatic heterocycles. The average Bonchev–Trinajstić information content (AvgIpc) is 2.57. The van der Waals surface area contributed by atoms with Crippen molar-refractivity contribution < 1.29 is 27.6 Å². The third kappa shape index (κ3) is 4.27. The summed E-state index contributed by atoms with van der Waals surface area (Å²) in [5.74, 6) is -0.106. The molecule has 11 heteroatoms. The van der Waals surface area contributed by atoms with Gasteiger partial charge in [0.1, 0.15) is 11.5 Å². The van der Waals surface area contributed by atoms with Crippen molar-refractivity contribution in [1.82, 2.24) is 0 Å². The number of hydrogen-bond donors (Lipinski definition) is 0. The number of hydrogen-bond acceptors (Lipinski definition) is 6. The molecule has 2 aromatic carbocycles. The molecule has 138 valence electrons. The minimum Gasteiger partial charge on any atom is -0.456 e. The fraction of sp³-hybridized carbons (Fsp3) is 0.200. The summed E-state index contributed by atoms with van der Waals surface area (Å²) >= 11 is 5.80. The van der Waals surface area contributed by atoms with E-state index < -0.39 is 28.6 Å². The summed E-state index contributed by atoms with van der Waals surface area (Å²) < 4.78 is 48.1. The number of nitroso groups, excluding NO2 is 1. The topological polar surface area (TPSA) is 91.0 Å². The molecule has 0 amide bonds. The Bertz CT molecular complexity index is 845. The number of halogens is 4. The molecule has 0 saturated carbocycles. The standard InChI is InChI=1S/C15H10ClF3N2O5/c1-25-14(20-22)10-7-9(3-4-12(10)21(23)24)26-13-5-2-8(6-11(13)16)15(17,18)19/h2-7,14H,1H3. The van der Waals surface area contributed by atoms with Crippen LogP contribution in [0.3, 0.4) is 0 Å². The van der Waals surface area contributed by atoms with E-state index in [0.717, 1.165) is 31.4 Å². The molecule has 0 spiro atoms. The van der Waals surface area contributed by atoms with E-state index in [1.165, 1.54) is 6.07 Å². The predicted molar refractivity (Wildman–Crippen MR) is 85.2 cm³/mol. The summed E-state index contributed by atoms with van der Waals surface area (Å²) in [6.07, 6.45) is -6.02. The van der Waals surface area contributed by atoms with Crippen LogP contribution in [0.4, 0.5) is 18.9 Å². The molecule has 0 aliphatic heterocycles. The van der Waals surface area contributed by atoms with Gasteiger partial charge in [0.25, 0.3) is 5.69 Å². The molecule has 0 radical (unpaired) electrons. The molecule has 0 aliphatic carbocycles. The number of ether oxygens (including phenoxy) is 2. The van der Waals surface area contributed by atoms with E-state index in [2.05, 4.69) is 5.18 Å². The van der Waals surface area contributed by atoms with Crippen molar-refractivity contribution in [2.75, 3.05) is 7.11 Å². The Morgan fingerprint density at radius 1 is 1.23 bits per heavy atom. The lowest BCUT2D eigenvalue weighted by Gasteiger charge is -2.13. The second-order valence-corrected chi connectivity index (χ2v) is 5.32. The first-order chi connectivity index (χ1) is 12.2. The normalized spacial score (nSPS) is 12.5. The Morgan fingerprint density at radius 3 is 2.42 bits per heavy atom. The third-order valence-electron chi connectivity index (χ3n) is 3.27. The van der Waals surface area contributed by atoms with E-state index in [-0.39, 0.29) is 22.1 Å². The van der Waals surface area contributed by atoms with Crippen LogP contribution in [0.15, 0.2) is 41.6 Å². The van der Waals surface area contributed by atoms with Gasteiger partial charge in [-0.1, -0.05) is 11.6 Å². The summed E-state index contributed by atoms with van der Waals surface area (Å²) in [4.78, 5) is 21.1. The Kier molecular flexibility index (Phi) is 5.78. The Labute approximate surface area is 149 Å². The lowest BCUT2D eigenvalue weighted by Crippen LogP contribution is -2.05. The van der Waals surface area contributed by atoms with Gasteiger partial charge in [-0.2, -0.15) is 13.2 Å². The highest BCUT2D eigenvalue weighted by Gasteiger charge is 2.31. The second-order valence-electron chi connectivity index (χ2n) is 4.92. The molecule has 0 bridgehead atoms. The number of nitro groups is 1. The molecule has 7 nitrogen and oxygen atoms in total. The highest BCUT2D eigenvalue weighted by atomic mass is 35.5. The zero-order chi connectivity index (χ0) is 19.5. The summed E-state index contributed by atoms with van der Waals surface area (Å²) in [5.41, 5.74) is -1.56. The fourth-order valence-electron chi connectivity index (χ4n) is 2.07. The molecule has 2 aromatic rings. The van der Waals surface area contributed by atoms with Crippen molar-refractivity contribution in [1.29, 1.82) is 0 Å². The van der Waals surface area contributed by atoms with Crippen LogP contribution in [-0.2, 0) is 10.9 Å². The molecule has 0 fully saturated rings. The van der Waals surface area contributed by atoms with Gasteiger partial charge >= 0.3 is 6.18 Å². The minimum atomic E-state index is -4.57. The highest BCUT2D eigenvalue weighted by molar-refractivity contribution is 6.32. The van der Waals surface area contributed by atoms with Crippen LogP contribution in [0.5, 0.6) is 11.5 Å². The number of methoxy groups -OCH3 is 1. The van der Waals surface area contributed by atoms with Crippen LogP contribution >= 0.6 is 11.6 Å². The van der Waals surface area contributed by atoms with Gasteiger partial charge in [-0.3, -0.25) is 10.1 Å². The molecule has 26 heavy (non-hydrogen) atoms. The van der Waals surface area contributed by atoms with Gasteiger partial charge in [0, 0.05) is 13.2 Å². The van der Waals surface area contributed by atoms with Crippen LogP contribution in [0.25, 0.3) is 0 Å². The zero-order valence-electron chi connectivity index (χ0n) is 13.0. The van der Waals surface area contributed by atoms with Crippen LogP contribution in [0.1, 0.15) is 17.4 Å². The van der Waals surface area contributed by atoms with Crippen molar-refractivity contribution in [2.24, 2.45) is 5.18 Å². The maximum atomic E-state index is 12.6. The predicted octanol–water partition coefficient (Wildman–Crippen LogP) is 5.47. The lowest BCUT2D eigenvalue weighted by atomic mass is 10.1. The quantitative estimate of drug-likeness (QED) is 0.370. The summed E-state index contributed by atoms with van der Waals surface area (Å²) in [7, 11) is 1.13. The Balaban J connectivity index is 2.40. The molecular weight excluding hydrogens is 381 g/mol. The first kappa shape index (κ1) is 19.6. The van der Waals surface area contributed by atoms with Gasteiger partial charge in [0.2, 0.25) is 6.23 Å². The molecular formula is C15H10ClF3N2O5. The zero-order valence-corrected chi connectivity index (χ0v) is 13.7. The average molecular weight is 391 g/mol. The summed E-state index contributed by atoms with van der Waals surface area (Å²) in [6.45, 7) is 0. The Morgan fingerprint density at radius 2 is 1.92 bits per heavy atom. The van der Waals surface area contributed by atoms with Crippen molar-refractivity contribution in [3.63, 3.8) is 0 Å². The van der Waals surface area contributed by atoms with Gasteiger partial charge < -0.3 is 9.47 Å². The van der Waals surface area contributed by atoms with Gasteiger partial charge in [-0.15, -0.1) is 4.91 Å². The molecule has 1 unspecified atom stereocenters. The smallest absolute Gasteiger partial charge is 0.416 e. The SMILES string of the molecule is COC(N=O)c1cc(Oc2ccc(C(F)(F)F)cc2Cl)ccc1[N+](=O)[O-]. The first-order valence-corrected chi connectivity index (χ1v) is 7.23. The van der Waals surface area contributed by atoms with Gasteiger partial charge in [-0.05, 0) is 35.5 Å². The second kappa shape index (κ2) is 7.67. The van der Waals surface area contributed by atoms with Crippen molar-refractivity contribution in [3.05, 3.63) is 67.6 Å². The molecule has 0 N–H and O–H groups in total. The Hall–Kier alpha value is -2.72. The van der Waals surface area contributed by atoms with Crippen LogP contribution in [-0.4, -0.2) is 12.0 Å². The van der Waals surface area contributed by atoms with Gasteiger partial charge in [0.05, 0.1) is 21.1 Å². The molecule has 0 aliphatic rings. The molecule has 1 atom stereocenters. The fourth-order valence-corrected chi connectivity index (χ4v) is 2.29. The number of nitro benzene ring substituents is 1. The third-order valence-corrected chi connectivity index (χ3v) is 3.56. The first-order valence-electron chi connectivity index (χ1n) is 6.85. The van der Waals surface area contributed by atoms with Crippen LogP contribution < -0.4 is 4.74 Å². The monoisotopic (exact) mass is 390 g/mol. The van der Waals surface area contributed by atoms with Crippen LogP contribution in [0.2, 0.25) is 5.02 Å². The van der Waals surface area contributed by atoms with Crippen molar-refractivity contribution >= 4 is 17.3 Å². The molecule has 0 heterocycles. The largest absolute Gasteiger partial charge is 0.456 e. The van der Waals surface area contributed by atoms with E-state index >= 15 is 0 Å². The van der Waals surface area contributed by atoms with E-state index in [0.29, 0.717) is 6.07 Å². The number of alkyl halides is 3. The molecule has 2 rings (SSSR count). The van der Waals surface area contributed by atoms with Gasteiger partial charge in [0.15, 0.2) is 0 Å². The highest BCUT2D eigenvalue weighted by Crippen LogP contribution is 2.38. The van der Waals surface area contributed by atoms with E-state index in [9.17, 15) is 28.2 Å². The number of nitrogens with zero attached hydrogens (tertiary/aromatic N) is 2. The maximum absolute atomic E-state index is 12.6. The van der Waals surface area contributed by atoms with E-state index in [1.54, 1.807) is 0 Å². The minimum absolute atomic E-state index is 0.00189. The van der Waals surface area contributed by atoms with Crippen molar-refractivity contribution in [3.8, 4) is 11.5 Å². The van der Waals surface area contributed by atoms with Crippen LogP contribution in [0, 0.1) is 15.0 Å². The number of benzene rings is 2. The number of rotatable bonds is 6. The molecule has 0 saturated heterocycles. The summed E-state index contributed by atoms with van der Waals surface area (Å²) in [5, 5.41) is 13.4. The van der Waals surface area contributed by atoms with Gasteiger partial charge in [-0.25, -0.2) is 0 Å². The van der Waals surface area contributed by atoms with E-state index in [1.807, 2.05) is 0 Å². The summed E-state index contributed by atoms with van der Waals surface area (Å²) in [6, 6.07) is 5.86. The maximum Gasteiger partial charge on any atom is 0.416 e.